The highest BCUT2D eigenvalue weighted by Gasteiger charge is 2.39. The average molecular weight is 442 g/mol. The summed E-state index contributed by atoms with van der Waals surface area (Å²) in [6.45, 7) is -0.358. The first kappa shape index (κ1) is 16.1. The van der Waals surface area contributed by atoms with Crippen LogP contribution >= 0.6 is 34.2 Å². The van der Waals surface area contributed by atoms with Crippen LogP contribution in [0.2, 0.25) is 5.02 Å². The van der Waals surface area contributed by atoms with Crippen LogP contribution in [0, 0.1) is 3.70 Å². The Balaban J connectivity index is 1.78. The molecule has 1 fully saturated rings. The van der Waals surface area contributed by atoms with E-state index in [9.17, 15) is 10.2 Å². The van der Waals surface area contributed by atoms with E-state index >= 15 is 0 Å². The fourth-order valence-corrected chi connectivity index (χ4v) is 2.73. The van der Waals surface area contributed by atoms with E-state index in [0.717, 1.165) is 0 Å². The van der Waals surface area contributed by atoms with Crippen LogP contribution in [0.15, 0.2) is 6.07 Å². The van der Waals surface area contributed by atoms with Crippen molar-refractivity contribution < 1.29 is 24.8 Å². The van der Waals surface area contributed by atoms with E-state index in [1.807, 2.05) is 22.6 Å². The average Bonchev–Trinajstić information content (AvgIpc) is 2.86. The van der Waals surface area contributed by atoms with Gasteiger partial charge in [0.25, 0.3) is 6.01 Å². The predicted molar refractivity (Wildman–Crippen MR) is 84.9 cm³/mol. The zero-order chi connectivity index (χ0) is 15.9. The van der Waals surface area contributed by atoms with E-state index in [1.165, 1.54) is 0 Å². The van der Waals surface area contributed by atoms with Crippen LogP contribution in [0.3, 0.4) is 0 Å². The molecule has 4 atom stereocenters. The van der Waals surface area contributed by atoms with Crippen molar-refractivity contribution in [2.75, 3.05) is 13.2 Å². The Labute approximate surface area is 143 Å². The number of nitrogens with one attached hydrogen (secondary N) is 1. The van der Waals surface area contributed by atoms with E-state index in [0.29, 0.717) is 19.9 Å². The lowest BCUT2D eigenvalue weighted by atomic mass is 10.0. The van der Waals surface area contributed by atoms with Crippen molar-refractivity contribution in [2.24, 2.45) is 0 Å². The van der Waals surface area contributed by atoms with Crippen molar-refractivity contribution in [2.45, 2.75) is 24.4 Å². The van der Waals surface area contributed by atoms with E-state index in [4.69, 9.17) is 26.2 Å². The number of aromatic nitrogens is 3. The standard InChI is InChI=1S/C12H13ClIN3O5/c13-4-1-5-11(16-10(4)14)17-12(15-5)22-7-3-21-6(2-18)8(19)9(7)20/h1,6-9,18-20H,2-3H2,(H,15,16,17). The van der Waals surface area contributed by atoms with E-state index in [-0.39, 0.29) is 19.2 Å². The maximum Gasteiger partial charge on any atom is 0.296 e. The molecule has 10 heteroatoms. The molecular weight excluding hydrogens is 429 g/mol. The summed E-state index contributed by atoms with van der Waals surface area (Å²) in [5, 5.41) is 29.4. The van der Waals surface area contributed by atoms with Crippen LogP contribution in [0.4, 0.5) is 0 Å². The maximum atomic E-state index is 10.0. The SMILES string of the molecule is OCC1OCC(Oc2nc3nc(I)c(Cl)cc3[nH]2)C(O)C1O. The van der Waals surface area contributed by atoms with Gasteiger partial charge in [-0.3, -0.25) is 0 Å². The van der Waals surface area contributed by atoms with Gasteiger partial charge >= 0.3 is 0 Å². The zero-order valence-corrected chi connectivity index (χ0v) is 14.0. The Kier molecular flexibility index (Phi) is 4.71. The Hall–Kier alpha value is -0.720. The summed E-state index contributed by atoms with van der Waals surface area (Å²) < 4.78 is 11.4. The largest absolute Gasteiger partial charge is 0.456 e. The lowest BCUT2D eigenvalue weighted by molar-refractivity contribution is -0.189. The van der Waals surface area contributed by atoms with Crippen LogP contribution in [0.25, 0.3) is 11.2 Å². The monoisotopic (exact) mass is 441 g/mol. The summed E-state index contributed by atoms with van der Waals surface area (Å²) in [5.74, 6) is 0. The molecule has 3 rings (SSSR count). The predicted octanol–water partition coefficient (Wildman–Crippen LogP) is 0.0762. The third kappa shape index (κ3) is 3.01. The molecule has 2 aromatic rings. The molecule has 1 aliphatic heterocycles. The number of hydrogen-bond donors (Lipinski definition) is 4. The molecule has 0 aliphatic carbocycles. The number of aliphatic hydroxyl groups is 3. The molecule has 0 radical (unpaired) electrons. The minimum absolute atomic E-state index is 0.0201. The van der Waals surface area contributed by atoms with Gasteiger partial charge in [0.05, 0.1) is 23.8 Å². The smallest absolute Gasteiger partial charge is 0.296 e. The second-order valence-corrected chi connectivity index (χ2v) is 6.29. The number of halogens is 2. The second-order valence-electron chi connectivity index (χ2n) is 4.87. The second kappa shape index (κ2) is 6.42. The third-order valence-electron chi connectivity index (χ3n) is 3.39. The molecule has 1 saturated heterocycles. The lowest BCUT2D eigenvalue weighted by Gasteiger charge is -2.36. The summed E-state index contributed by atoms with van der Waals surface area (Å²) in [4.78, 5) is 11.3. The first-order valence-electron chi connectivity index (χ1n) is 6.46. The highest BCUT2D eigenvalue weighted by Crippen LogP contribution is 2.24. The summed E-state index contributed by atoms with van der Waals surface area (Å²) in [6.07, 6.45) is -4.07. The molecule has 0 saturated carbocycles. The van der Waals surface area contributed by atoms with Gasteiger partial charge in [-0.15, -0.1) is 0 Å². The molecule has 1 aliphatic rings. The minimum atomic E-state index is -1.23. The number of pyridine rings is 1. The highest BCUT2D eigenvalue weighted by molar-refractivity contribution is 14.1. The van der Waals surface area contributed by atoms with Crippen molar-refractivity contribution in [3.05, 3.63) is 14.8 Å². The molecule has 4 N–H and O–H groups in total. The molecule has 120 valence electrons. The summed E-state index contributed by atoms with van der Waals surface area (Å²) in [5.41, 5.74) is 1.03. The number of rotatable bonds is 3. The molecule has 0 amide bonds. The first-order chi connectivity index (χ1) is 10.5. The molecule has 22 heavy (non-hydrogen) atoms. The topological polar surface area (TPSA) is 121 Å². The maximum absolute atomic E-state index is 10.0. The molecule has 4 unspecified atom stereocenters. The normalized spacial score (nSPS) is 29.0. The Morgan fingerprint density at radius 3 is 2.91 bits per heavy atom. The number of aliphatic hydroxyl groups excluding tert-OH is 3. The molecular formula is C12H13ClIN3O5. The van der Waals surface area contributed by atoms with Gasteiger partial charge in [-0.2, -0.15) is 4.98 Å². The molecule has 0 aromatic carbocycles. The zero-order valence-electron chi connectivity index (χ0n) is 11.1. The van der Waals surface area contributed by atoms with Gasteiger partial charge in [0.15, 0.2) is 11.8 Å². The van der Waals surface area contributed by atoms with Crippen molar-refractivity contribution in [3.63, 3.8) is 0 Å². The van der Waals surface area contributed by atoms with Gasteiger partial charge in [0.1, 0.15) is 22.0 Å². The van der Waals surface area contributed by atoms with Gasteiger partial charge in [0.2, 0.25) is 0 Å². The Bertz CT molecular complexity index is 645. The van der Waals surface area contributed by atoms with Crippen LogP contribution in [0.1, 0.15) is 0 Å². The van der Waals surface area contributed by atoms with Crippen molar-refractivity contribution in [1.29, 1.82) is 0 Å². The van der Waals surface area contributed by atoms with Gasteiger partial charge in [0, 0.05) is 0 Å². The van der Waals surface area contributed by atoms with Crippen molar-refractivity contribution in [3.8, 4) is 6.01 Å². The number of nitrogens with zero attached hydrogens (tertiary/aromatic N) is 2. The van der Waals surface area contributed by atoms with Crippen LogP contribution in [0.5, 0.6) is 6.01 Å². The fraction of sp³-hybridized carbons (Fsp3) is 0.500. The third-order valence-corrected chi connectivity index (χ3v) is 4.82. The number of fused-ring (bicyclic) bond motifs is 1. The minimum Gasteiger partial charge on any atom is -0.456 e. The molecule has 8 nitrogen and oxygen atoms in total. The number of aromatic amines is 1. The molecule has 0 spiro atoms. The van der Waals surface area contributed by atoms with Gasteiger partial charge in [-0.1, -0.05) is 11.6 Å². The molecule has 3 heterocycles. The first-order valence-corrected chi connectivity index (χ1v) is 7.92. The summed E-state index contributed by atoms with van der Waals surface area (Å²) in [7, 11) is 0. The van der Waals surface area contributed by atoms with E-state index in [2.05, 4.69) is 15.0 Å². The van der Waals surface area contributed by atoms with E-state index in [1.54, 1.807) is 6.07 Å². The van der Waals surface area contributed by atoms with Crippen molar-refractivity contribution in [1.82, 2.24) is 15.0 Å². The fourth-order valence-electron chi connectivity index (χ4n) is 2.19. The highest BCUT2D eigenvalue weighted by atomic mass is 127. The lowest BCUT2D eigenvalue weighted by Crippen LogP contribution is -2.56. The van der Waals surface area contributed by atoms with Gasteiger partial charge in [-0.05, 0) is 28.7 Å². The number of ether oxygens (including phenoxy) is 2. The Morgan fingerprint density at radius 2 is 2.18 bits per heavy atom. The quantitative estimate of drug-likeness (QED) is 0.393. The number of imidazole rings is 1. The van der Waals surface area contributed by atoms with Crippen molar-refractivity contribution >= 4 is 45.4 Å². The van der Waals surface area contributed by atoms with Crippen LogP contribution in [-0.2, 0) is 4.74 Å². The Morgan fingerprint density at radius 1 is 1.41 bits per heavy atom. The number of hydrogen-bond acceptors (Lipinski definition) is 7. The van der Waals surface area contributed by atoms with Crippen LogP contribution < -0.4 is 4.74 Å². The summed E-state index contributed by atoms with van der Waals surface area (Å²) in [6, 6.07) is 1.82. The molecule has 0 bridgehead atoms. The van der Waals surface area contributed by atoms with Gasteiger partial charge < -0.3 is 29.8 Å². The molecule has 2 aromatic heterocycles. The van der Waals surface area contributed by atoms with Gasteiger partial charge in [-0.25, -0.2) is 4.98 Å². The van der Waals surface area contributed by atoms with E-state index < -0.39 is 24.4 Å². The summed E-state index contributed by atoms with van der Waals surface area (Å²) >= 11 is 7.98. The van der Waals surface area contributed by atoms with Crippen LogP contribution in [-0.4, -0.2) is 67.9 Å². The number of H-pyrrole nitrogens is 1.